The molecule has 1 aliphatic carbocycles. The van der Waals surface area contributed by atoms with Crippen molar-refractivity contribution in [3.63, 3.8) is 0 Å². The van der Waals surface area contributed by atoms with Gasteiger partial charge in [0.1, 0.15) is 5.82 Å². The number of hydrogen-bond acceptors (Lipinski definition) is 2. The monoisotopic (exact) mass is 192 g/mol. The predicted molar refractivity (Wildman–Crippen MR) is 55.0 cm³/mol. The molecule has 0 spiro atoms. The molecule has 3 nitrogen and oxygen atoms in total. The Morgan fingerprint density at radius 3 is 3.14 bits per heavy atom. The van der Waals surface area contributed by atoms with Crippen molar-refractivity contribution < 1.29 is 5.11 Å². The van der Waals surface area contributed by atoms with Gasteiger partial charge in [-0.1, -0.05) is 12.2 Å². The fourth-order valence-electron chi connectivity index (χ4n) is 2.01. The number of hydrogen-bond donors (Lipinski definition) is 1. The normalized spacial score (nSPS) is 21.4. The van der Waals surface area contributed by atoms with E-state index in [1.165, 1.54) is 6.42 Å². The Balaban J connectivity index is 2.13. The van der Waals surface area contributed by atoms with Gasteiger partial charge in [0.2, 0.25) is 0 Å². The average molecular weight is 192 g/mol. The zero-order valence-corrected chi connectivity index (χ0v) is 8.26. The highest BCUT2D eigenvalue weighted by Crippen LogP contribution is 2.27. The maximum Gasteiger partial charge on any atom is 0.112 e. The minimum absolute atomic E-state index is 0.186. The number of imidazole rings is 1. The van der Waals surface area contributed by atoms with E-state index in [1.807, 2.05) is 12.4 Å². The predicted octanol–water partition coefficient (Wildman–Crippen LogP) is 1.70. The Kier molecular flexibility index (Phi) is 2.99. The summed E-state index contributed by atoms with van der Waals surface area (Å²) in [4.78, 5) is 4.38. The molecule has 0 amide bonds. The first-order valence-corrected chi connectivity index (χ1v) is 5.18. The molecule has 2 rings (SSSR count). The molecule has 14 heavy (non-hydrogen) atoms. The van der Waals surface area contributed by atoms with Crippen LogP contribution >= 0.6 is 0 Å². The van der Waals surface area contributed by atoms with Crippen LogP contribution in [0.3, 0.4) is 0 Å². The second kappa shape index (κ2) is 4.42. The summed E-state index contributed by atoms with van der Waals surface area (Å²) in [5.41, 5.74) is 0. The molecule has 3 heteroatoms. The second-order valence-corrected chi connectivity index (χ2v) is 3.68. The number of aliphatic hydroxyl groups excluding tert-OH is 1. The third-order valence-corrected chi connectivity index (χ3v) is 2.72. The van der Waals surface area contributed by atoms with Crippen molar-refractivity contribution in [3.8, 4) is 0 Å². The van der Waals surface area contributed by atoms with E-state index in [-0.39, 0.29) is 6.61 Å². The van der Waals surface area contributed by atoms with Gasteiger partial charge in [-0.05, 0) is 19.3 Å². The summed E-state index contributed by atoms with van der Waals surface area (Å²) in [5.74, 6) is 1.67. The fourth-order valence-corrected chi connectivity index (χ4v) is 2.01. The lowest BCUT2D eigenvalue weighted by molar-refractivity contribution is 0.272. The van der Waals surface area contributed by atoms with Gasteiger partial charge >= 0.3 is 0 Å². The van der Waals surface area contributed by atoms with Crippen LogP contribution in [0.5, 0.6) is 0 Å². The molecule has 0 bridgehead atoms. The summed E-state index contributed by atoms with van der Waals surface area (Å²) in [6.07, 6.45) is 11.6. The molecule has 1 N–H and O–H groups in total. The summed E-state index contributed by atoms with van der Waals surface area (Å²) in [6, 6.07) is 0. The maximum absolute atomic E-state index is 8.90. The van der Waals surface area contributed by atoms with Crippen molar-refractivity contribution in [1.29, 1.82) is 0 Å². The Morgan fingerprint density at radius 2 is 2.43 bits per heavy atom. The molecular formula is C11H16N2O. The Bertz CT molecular complexity index is 317. The minimum atomic E-state index is 0.186. The standard InChI is InChI=1S/C11H16N2O/c14-9-8-13-7-6-12-11(13)10-4-2-1-3-5-10/h1-2,6-7,10,14H,3-5,8-9H2. The van der Waals surface area contributed by atoms with E-state index in [0.717, 1.165) is 18.7 Å². The molecule has 1 aliphatic rings. The van der Waals surface area contributed by atoms with Gasteiger partial charge in [-0.15, -0.1) is 0 Å². The number of aromatic nitrogens is 2. The van der Waals surface area contributed by atoms with Crippen LogP contribution in [0.4, 0.5) is 0 Å². The molecule has 1 atom stereocenters. The van der Waals surface area contributed by atoms with Gasteiger partial charge in [0.15, 0.2) is 0 Å². The molecule has 0 radical (unpaired) electrons. The summed E-state index contributed by atoms with van der Waals surface area (Å²) in [7, 11) is 0. The van der Waals surface area contributed by atoms with Gasteiger partial charge in [-0.2, -0.15) is 0 Å². The van der Waals surface area contributed by atoms with Crippen LogP contribution in [0.15, 0.2) is 24.5 Å². The summed E-state index contributed by atoms with van der Waals surface area (Å²) in [5, 5.41) is 8.90. The second-order valence-electron chi connectivity index (χ2n) is 3.68. The van der Waals surface area contributed by atoms with Crippen LogP contribution in [0.25, 0.3) is 0 Å². The number of rotatable bonds is 3. The minimum Gasteiger partial charge on any atom is -0.395 e. The van der Waals surface area contributed by atoms with Gasteiger partial charge in [0.25, 0.3) is 0 Å². The third-order valence-electron chi connectivity index (χ3n) is 2.72. The first kappa shape index (κ1) is 9.46. The Hall–Kier alpha value is -1.09. The van der Waals surface area contributed by atoms with Crippen molar-refractivity contribution in [2.45, 2.75) is 31.7 Å². The lowest BCUT2D eigenvalue weighted by Gasteiger charge is -2.18. The Labute approximate surface area is 84.1 Å². The molecule has 0 aliphatic heterocycles. The van der Waals surface area contributed by atoms with E-state index in [2.05, 4.69) is 21.7 Å². The molecule has 0 aromatic carbocycles. The zero-order chi connectivity index (χ0) is 9.80. The summed E-state index contributed by atoms with van der Waals surface area (Å²) < 4.78 is 2.06. The van der Waals surface area contributed by atoms with E-state index in [1.54, 1.807) is 0 Å². The molecule has 1 unspecified atom stereocenters. The molecule has 0 saturated heterocycles. The van der Waals surface area contributed by atoms with Crippen molar-refractivity contribution in [1.82, 2.24) is 9.55 Å². The van der Waals surface area contributed by atoms with E-state index < -0.39 is 0 Å². The molecule has 1 heterocycles. The van der Waals surface area contributed by atoms with Crippen LogP contribution in [0.2, 0.25) is 0 Å². The lowest BCUT2D eigenvalue weighted by Crippen LogP contribution is -2.11. The molecule has 1 aromatic heterocycles. The number of aliphatic hydroxyl groups is 1. The van der Waals surface area contributed by atoms with Gasteiger partial charge in [0, 0.05) is 24.9 Å². The third kappa shape index (κ3) is 1.87. The van der Waals surface area contributed by atoms with Crippen molar-refractivity contribution in [2.75, 3.05) is 6.61 Å². The lowest BCUT2D eigenvalue weighted by atomic mass is 9.94. The average Bonchev–Trinajstić information content (AvgIpc) is 2.68. The number of nitrogens with zero attached hydrogens (tertiary/aromatic N) is 2. The SMILES string of the molecule is OCCn1ccnc1C1CC=CCC1. The van der Waals surface area contributed by atoms with Crippen LogP contribution in [0, 0.1) is 0 Å². The highest BCUT2D eigenvalue weighted by atomic mass is 16.3. The van der Waals surface area contributed by atoms with E-state index in [0.29, 0.717) is 12.5 Å². The van der Waals surface area contributed by atoms with Gasteiger partial charge in [0.05, 0.1) is 6.61 Å². The quantitative estimate of drug-likeness (QED) is 0.740. The molecule has 76 valence electrons. The Morgan fingerprint density at radius 1 is 1.50 bits per heavy atom. The van der Waals surface area contributed by atoms with Gasteiger partial charge in [-0.3, -0.25) is 0 Å². The summed E-state index contributed by atoms with van der Waals surface area (Å²) >= 11 is 0. The first-order chi connectivity index (χ1) is 6.92. The largest absolute Gasteiger partial charge is 0.395 e. The fraction of sp³-hybridized carbons (Fsp3) is 0.545. The van der Waals surface area contributed by atoms with E-state index in [4.69, 9.17) is 5.11 Å². The van der Waals surface area contributed by atoms with Crippen molar-refractivity contribution in [2.24, 2.45) is 0 Å². The van der Waals surface area contributed by atoms with Gasteiger partial charge < -0.3 is 9.67 Å². The van der Waals surface area contributed by atoms with Gasteiger partial charge in [-0.25, -0.2) is 4.98 Å². The highest BCUT2D eigenvalue weighted by molar-refractivity contribution is 5.06. The van der Waals surface area contributed by atoms with Crippen LogP contribution in [-0.4, -0.2) is 21.3 Å². The molecule has 0 saturated carbocycles. The van der Waals surface area contributed by atoms with Crippen molar-refractivity contribution >= 4 is 0 Å². The summed E-state index contributed by atoms with van der Waals surface area (Å²) in [6.45, 7) is 0.849. The topological polar surface area (TPSA) is 38.0 Å². The smallest absolute Gasteiger partial charge is 0.112 e. The van der Waals surface area contributed by atoms with E-state index in [9.17, 15) is 0 Å². The van der Waals surface area contributed by atoms with E-state index >= 15 is 0 Å². The molecular weight excluding hydrogens is 176 g/mol. The molecule has 1 aromatic rings. The molecule has 0 fully saturated rings. The first-order valence-electron chi connectivity index (χ1n) is 5.18. The maximum atomic E-state index is 8.90. The number of allylic oxidation sites excluding steroid dienone is 2. The highest BCUT2D eigenvalue weighted by Gasteiger charge is 2.16. The zero-order valence-electron chi connectivity index (χ0n) is 8.26. The van der Waals surface area contributed by atoms with Crippen molar-refractivity contribution in [3.05, 3.63) is 30.4 Å². The van der Waals surface area contributed by atoms with Crippen LogP contribution in [-0.2, 0) is 6.54 Å². The van der Waals surface area contributed by atoms with Crippen LogP contribution < -0.4 is 0 Å². The van der Waals surface area contributed by atoms with Crippen LogP contribution in [0.1, 0.15) is 31.0 Å².